The van der Waals surface area contributed by atoms with E-state index in [-0.39, 0.29) is 49.2 Å². The summed E-state index contributed by atoms with van der Waals surface area (Å²) in [5.41, 5.74) is 2.74. The van der Waals surface area contributed by atoms with Gasteiger partial charge in [-0.25, -0.2) is 0 Å². The molecule has 1 saturated heterocycles. The molecule has 2 aromatic heterocycles. The van der Waals surface area contributed by atoms with Gasteiger partial charge in [0.1, 0.15) is 36.3 Å². The van der Waals surface area contributed by atoms with E-state index in [1.807, 2.05) is 50.2 Å². The highest BCUT2D eigenvalue weighted by molar-refractivity contribution is 6.00. The van der Waals surface area contributed by atoms with Crippen LogP contribution in [0.5, 0.6) is 0 Å². The number of hydrogen-bond acceptors (Lipinski definition) is 13. The fraction of sp³-hybridized carbons (Fsp3) is 0.557. The first-order valence-corrected chi connectivity index (χ1v) is 29.3. The number of Topliss-reactive ketones (excluding diaryl/α,β-unsaturated/α-hetero) is 2. The molecule has 4 aromatic rings. The number of para-hydroxylation sites is 2. The Morgan fingerprint density at radius 1 is 0.600 bits per heavy atom. The van der Waals surface area contributed by atoms with E-state index in [1.165, 1.54) is 18.7 Å². The van der Waals surface area contributed by atoms with Crippen LogP contribution in [0.3, 0.4) is 0 Å². The molecule has 0 radical (unpaired) electrons. The lowest BCUT2D eigenvalue weighted by Gasteiger charge is -2.32. The predicted molar refractivity (Wildman–Crippen MR) is 318 cm³/mol. The van der Waals surface area contributed by atoms with Crippen molar-refractivity contribution in [2.45, 2.75) is 182 Å². The molecule has 10 atom stereocenters. The van der Waals surface area contributed by atoms with Gasteiger partial charge < -0.3 is 67.6 Å². The van der Waals surface area contributed by atoms with Crippen molar-refractivity contribution in [1.82, 2.24) is 57.4 Å². The third-order valence-corrected chi connectivity index (χ3v) is 15.2. The molecule has 85 heavy (non-hydrogen) atoms. The van der Waals surface area contributed by atoms with Gasteiger partial charge in [-0.2, -0.15) is 0 Å². The second-order valence-corrected chi connectivity index (χ2v) is 23.4. The number of hydrogen-bond donors (Lipinski definition) is 12. The van der Waals surface area contributed by atoms with Crippen LogP contribution in [0.4, 0.5) is 0 Å². The van der Waals surface area contributed by atoms with Crippen molar-refractivity contribution < 1.29 is 63.0 Å². The van der Waals surface area contributed by atoms with Crippen LogP contribution >= 0.6 is 0 Å². The van der Waals surface area contributed by atoms with Gasteiger partial charge in [0.15, 0.2) is 11.6 Å². The largest absolute Gasteiger partial charge is 0.481 e. The Hall–Kier alpha value is -7.99. The van der Waals surface area contributed by atoms with Crippen LogP contribution in [0.15, 0.2) is 60.9 Å². The number of rotatable bonds is 32. The van der Waals surface area contributed by atoms with Gasteiger partial charge in [0, 0.05) is 77.9 Å². The molecule has 0 unspecified atom stereocenters. The van der Waals surface area contributed by atoms with Crippen LogP contribution in [0, 0.1) is 23.7 Å². The molecule has 1 aliphatic heterocycles. The van der Waals surface area contributed by atoms with Crippen molar-refractivity contribution >= 4 is 86.6 Å². The summed E-state index contributed by atoms with van der Waals surface area (Å²) in [6.45, 7) is 18.0. The zero-order valence-electron chi connectivity index (χ0n) is 50.6. The molecule has 0 bridgehead atoms. The van der Waals surface area contributed by atoms with E-state index in [0.717, 1.165) is 21.8 Å². The van der Waals surface area contributed by atoms with Gasteiger partial charge in [0.05, 0.1) is 31.2 Å². The average molecular weight is 1180 g/mol. The average Bonchev–Trinajstić information content (AvgIpc) is 4.07. The van der Waals surface area contributed by atoms with E-state index in [2.05, 4.69) is 52.5 Å². The molecule has 3 heterocycles. The van der Waals surface area contributed by atoms with Crippen molar-refractivity contribution in [3.8, 4) is 0 Å². The van der Waals surface area contributed by atoms with E-state index < -0.39 is 138 Å². The number of carbonyl (C=O) groups is 11. The van der Waals surface area contributed by atoms with Gasteiger partial charge in [0.2, 0.25) is 47.3 Å². The fourth-order valence-corrected chi connectivity index (χ4v) is 10.4. The van der Waals surface area contributed by atoms with E-state index >= 15 is 0 Å². The topological polar surface area (TPSA) is 359 Å². The Morgan fingerprint density at radius 3 is 1.64 bits per heavy atom. The molecule has 24 heteroatoms. The third kappa shape index (κ3) is 18.8. The predicted octanol–water partition coefficient (Wildman–Crippen LogP) is 2.21. The van der Waals surface area contributed by atoms with Crippen molar-refractivity contribution in [1.29, 1.82) is 0 Å². The number of nitrogens with zero attached hydrogens (tertiary/aromatic N) is 1. The van der Waals surface area contributed by atoms with Gasteiger partial charge in [-0.15, -0.1) is 0 Å². The first-order valence-electron chi connectivity index (χ1n) is 29.3. The molecular weight excluding hydrogens is 1090 g/mol. The summed E-state index contributed by atoms with van der Waals surface area (Å²) >= 11 is 0. The molecule has 1 aliphatic rings. The van der Waals surface area contributed by atoms with Crippen LogP contribution in [0.2, 0.25) is 0 Å². The Kier molecular flexibility index (Phi) is 24.9. The van der Waals surface area contributed by atoms with Crippen molar-refractivity contribution in [3.63, 3.8) is 0 Å². The molecule has 464 valence electrons. The molecule has 2 aromatic carbocycles. The van der Waals surface area contributed by atoms with E-state index in [1.54, 1.807) is 73.0 Å². The molecule has 5 rings (SSSR count). The molecule has 8 amide bonds. The van der Waals surface area contributed by atoms with E-state index in [0.29, 0.717) is 30.5 Å². The second kappa shape index (κ2) is 31.2. The minimum absolute atomic E-state index is 0.0687. The molecule has 12 N–H and O–H groups in total. The SMILES string of the molecule is CC[C@H](CC(=O)[C@@H](NC(C)C)[C@@H](C)O)C(=O)N[C@@H](C)C(=O)N[C@@H](Cc1c[nH]c2ccccc12)C(=O)N[C@H](C(=O)N[C@@H](CC(=O)O)C(=O)NCC(=O)N[C@@H](Cc1c[nH]c2ccccc12)C(=O)N[C@H](C(=O)N1CCC[C@H]1C(=O)C(C)C)C(C)C)C(C)C. The number of nitrogens with one attached hydrogen (secondary N) is 10. The summed E-state index contributed by atoms with van der Waals surface area (Å²) in [5, 5.41) is 42.9. The first kappa shape index (κ1) is 67.8. The van der Waals surface area contributed by atoms with Crippen molar-refractivity contribution in [3.05, 3.63) is 72.1 Å². The number of aromatic nitrogens is 2. The maximum absolute atomic E-state index is 14.5. The number of aromatic amines is 2. The molecule has 0 saturated carbocycles. The van der Waals surface area contributed by atoms with Crippen LogP contribution in [0.1, 0.15) is 119 Å². The van der Waals surface area contributed by atoms with E-state index in [4.69, 9.17) is 0 Å². The fourth-order valence-electron chi connectivity index (χ4n) is 10.4. The van der Waals surface area contributed by atoms with Gasteiger partial charge in [0.25, 0.3) is 0 Å². The Morgan fingerprint density at radius 2 is 1.13 bits per heavy atom. The first-order chi connectivity index (χ1) is 40.1. The van der Waals surface area contributed by atoms with Gasteiger partial charge in [-0.3, -0.25) is 52.7 Å². The highest BCUT2D eigenvalue weighted by Gasteiger charge is 2.41. The number of fused-ring (bicyclic) bond motifs is 2. The lowest BCUT2D eigenvalue weighted by molar-refractivity contribution is -0.143. The standard InChI is InChI=1S/C61H87N11O13/c1-12-37(26-48(74)53(36(11)73)65-34(8)9)56(80)66-35(10)55(79)68-45(25-39-29-63-43-21-16-14-19-41(39)43)59(83)70-51(31(2)3)60(84)69-46(27-50(76)77)57(81)64-30-49(75)67-44(24-38-28-62-42-20-15-13-18-40(38)42)58(82)71-52(32(4)5)61(85)72-23-17-22-47(72)54(78)33(6)7/h13-16,18-21,28-29,31-37,44-47,51-53,62-63,65,73H,12,17,22-27,30H2,1-11H3,(H,64,81)(H,66,80)(H,67,75)(H,68,79)(H,69,84)(H,70,83)(H,71,82)(H,76,77)/t35-,36+,37+,44-,45-,46-,47-,51-,52-,53-/m0/s1. The number of amides is 8. The number of likely N-dealkylation sites (tertiary alicyclic amines) is 1. The molecule has 1 fully saturated rings. The van der Waals surface area contributed by atoms with Gasteiger partial charge >= 0.3 is 5.97 Å². The molecule has 24 nitrogen and oxygen atoms in total. The number of carbonyl (C=O) groups excluding carboxylic acids is 10. The lowest BCUT2D eigenvalue weighted by Crippen LogP contribution is -2.60. The Bertz CT molecular complexity index is 3040. The third-order valence-electron chi connectivity index (χ3n) is 15.2. The number of carboxylic acid groups (broad SMARTS) is 1. The zero-order valence-corrected chi connectivity index (χ0v) is 50.6. The monoisotopic (exact) mass is 1180 g/mol. The van der Waals surface area contributed by atoms with Crippen LogP contribution in [-0.2, 0) is 65.6 Å². The van der Waals surface area contributed by atoms with Crippen LogP contribution < -0.4 is 42.5 Å². The summed E-state index contributed by atoms with van der Waals surface area (Å²) in [5.74, 6) is -10.6. The number of aliphatic hydroxyl groups excluding tert-OH is 1. The quantitative estimate of drug-likeness (QED) is 0.0334. The Balaban J connectivity index is 1.30. The summed E-state index contributed by atoms with van der Waals surface area (Å²) in [7, 11) is 0. The van der Waals surface area contributed by atoms with Crippen LogP contribution in [-0.4, -0.2) is 163 Å². The number of aliphatic hydroxyl groups is 1. The molecule has 0 aliphatic carbocycles. The molecule has 0 spiro atoms. The van der Waals surface area contributed by atoms with E-state index in [9.17, 15) is 63.0 Å². The number of carboxylic acids is 1. The summed E-state index contributed by atoms with van der Waals surface area (Å²) in [6, 6.07) is 4.58. The van der Waals surface area contributed by atoms with Crippen molar-refractivity contribution in [2.75, 3.05) is 13.1 Å². The maximum Gasteiger partial charge on any atom is 0.305 e. The number of ketones is 2. The summed E-state index contributed by atoms with van der Waals surface area (Å²) in [4.78, 5) is 159. The summed E-state index contributed by atoms with van der Waals surface area (Å²) < 4.78 is 0. The maximum atomic E-state index is 14.5. The van der Waals surface area contributed by atoms with Crippen molar-refractivity contribution in [2.24, 2.45) is 23.7 Å². The number of aliphatic carboxylic acids is 1. The minimum atomic E-state index is -1.80. The number of H-pyrrole nitrogens is 2. The highest BCUT2D eigenvalue weighted by Crippen LogP contribution is 2.25. The van der Waals surface area contributed by atoms with Crippen LogP contribution in [0.25, 0.3) is 21.8 Å². The van der Waals surface area contributed by atoms with Gasteiger partial charge in [-0.1, -0.05) is 98.7 Å². The lowest BCUT2D eigenvalue weighted by atomic mass is 9.93. The Labute approximate surface area is 495 Å². The number of benzene rings is 2. The smallest absolute Gasteiger partial charge is 0.305 e. The minimum Gasteiger partial charge on any atom is -0.481 e. The molecular formula is C61H87N11O13. The second-order valence-electron chi connectivity index (χ2n) is 23.4. The summed E-state index contributed by atoms with van der Waals surface area (Å²) in [6.07, 6.45) is 2.29. The zero-order chi connectivity index (χ0) is 63.0. The highest BCUT2D eigenvalue weighted by atomic mass is 16.4. The normalized spacial score (nSPS) is 16.6. The van der Waals surface area contributed by atoms with Gasteiger partial charge in [-0.05, 0) is 68.2 Å².